The number of anilines is 1. The highest BCUT2D eigenvalue weighted by molar-refractivity contribution is 5.41. The number of fused-ring (bicyclic) bond motifs is 1. The highest BCUT2D eigenvalue weighted by Crippen LogP contribution is 2.45. The van der Waals surface area contributed by atoms with E-state index in [-0.39, 0.29) is 11.6 Å². The molecule has 148 valence electrons. The average molecular weight is 374 g/mol. The maximum Gasteiger partial charge on any atom is 0.132 e. The summed E-state index contributed by atoms with van der Waals surface area (Å²) in [6.07, 6.45) is 9.29. The molecule has 7 heteroatoms. The Morgan fingerprint density at radius 3 is 2.81 bits per heavy atom. The zero-order chi connectivity index (χ0) is 18.4. The van der Waals surface area contributed by atoms with Crippen LogP contribution in [0.25, 0.3) is 0 Å². The molecular weight excluding hydrogens is 342 g/mol. The quantitative estimate of drug-likeness (QED) is 0.817. The number of hydrogen-bond donors (Lipinski definition) is 2. The van der Waals surface area contributed by atoms with E-state index in [0.717, 1.165) is 50.3 Å². The molecule has 2 saturated heterocycles. The Morgan fingerprint density at radius 1 is 1.15 bits per heavy atom. The van der Waals surface area contributed by atoms with Gasteiger partial charge in [0.05, 0.1) is 29.5 Å². The molecule has 2 aliphatic carbocycles. The van der Waals surface area contributed by atoms with Crippen LogP contribution in [0.5, 0.6) is 0 Å². The minimum Gasteiger partial charge on any atom is -0.380 e. The number of rotatable bonds is 5. The number of methoxy groups -OCH3 is 1. The Labute approximate surface area is 161 Å². The smallest absolute Gasteiger partial charge is 0.132 e. The van der Waals surface area contributed by atoms with Gasteiger partial charge in [-0.2, -0.15) is 0 Å². The number of nitrogens with one attached hydrogen (secondary N) is 2. The van der Waals surface area contributed by atoms with Crippen LogP contribution in [0.3, 0.4) is 0 Å². The number of hydrogen-bond acceptors (Lipinski definition) is 7. The summed E-state index contributed by atoms with van der Waals surface area (Å²) in [5.41, 5.74) is 8.26. The van der Waals surface area contributed by atoms with Crippen molar-refractivity contribution in [2.45, 2.75) is 75.3 Å². The number of ether oxygens (including phenoxy) is 2. The third-order valence-corrected chi connectivity index (χ3v) is 6.90. The minimum atomic E-state index is 0.155. The first-order valence-corrected chi connectivity index (χ1v) is 10.4. The van der Waals surface area contributed by atoms with Gasteiger partial charge < -0.3 is 14.4 Å². The maximum absolute atomic E-state index is 6.40. The molecule has 2 N–H and O–H groups in total. The fourth-order valence-electron chi connectivity index (χ4n) is 4.95. The van der Waals surface area contributed by atoms with Gasteiger partial charge in [-0.1, -0.05) is 0 Å². The van der Waals surface area contributed by atoms with Crippen molar-refractivity contribution in [1.82, 2.24) is 20.8 Å². The van der Waals surface area contributed by atoms with Gasteiger partial charge in [0.15, 0.2) is 0 Å². The van der Waals surface area contributed by atoms with Crippen LogP contribution in [0.1, 0.15) is 57.2 Å². The van der Waals surface area contributed by atoms with Gasteiger partial charge in [0.2, 0.25) is 0 Å². The summed E-state index contributed by atoms with van der Waals surface area (Å²) >= 11 is 0. The molecule has 0 radical (unpaired) electrons. The molecule has 3 heterocycles. The molecule has 0 spiro atoms. The molecule has 2 saturated carbocycles. The summed E-state index contributed by atoms with van der Waals surface area (Å²) in [5.74, 6) is 1.53. The Hall–Kier alpha value is -1.28. The fraction of sp³-hybridized carbons (Fsp3) is 0.800. The SMILES string of the molecule is CO[C@H]1CCN(c2cc(C3NNC4CCC(OC5(C)CC5)CC43)ncn2)C1. The predicted octanol–water partition coefficient (Wildman–Crippen LogP) is 1.96. The van der Waals surface area contributed by atoms with Crippen molar-refractivity contribution in [1.29, 1.82) is 0 Å². The van der Waals surface area contributed by atoms with E-state index in [4.69, 9.17) is 9.47 Å². The van der Waals surface area contributed by atoms with Crippen molar-refractivity contribution in [3.05, 3.63) is 18.1 Å². The molecule has 1 aromatic heterocycles. The van der Waals surface area contributed by atoms with E-state index >= 15 is 0 Å². The Kier molecular flexibility index (Phi) is 4.58. The first-order valence-electron chi connectivity index (χ1n) is 10.4. The van der Waals surface area contributed by atoms with E-state index in [2.05, 4.69) is 38.7 Å². The van der Waals surface area contributed by atoms with Gasteiger partial charge in [0.1, 0.15) is 12.1 Å². The highest BCUT2D eigenvalue weighted by Gasteiger charge is 2.46. The zero-order valence-corrected chi connectivity index (χ0v) is 16.4. The predicted molar refractivity (Wildman–Crippen MR) is 102 cm³/mol. The average Bonchev–Trinajstić information content (AvgIpc) is 3.11. The van der Waals surface area contributed by atoms with Crippen LogP contribution in [0.4, 0.5) is 5.82 Å². The molecule has 4 aliphatic rings. The van der Waals surface area contributed by atoms with Crippen LogP contribution in [0.15, 0.2) is 12.4 Å². The van der Waals surface area contributed by atoms with Gasteiger partial charge >= 0.3 is 0 Å². The second-order valence-corrected chi connectivity index (χ2v) is 8.93. The Balaban J connectivity index is 1.30. The summed E-state index contributed by atoms with van der Waals surface area (Å²) in [6, 6.07) is 2.88. The maximum atomic E-state index is 6.40. The molecule has 2 aliphatic heterocycles. The Morgan fingerprint density at radius 2 is 2.04 bits per heavy atom. The van der Waals surface area contributed by atoms with Crippen molar-refractivity contribution < 1.29 is 9.47 Å². The molecule has 0 bridgehead atoms. The second kappa shape index (κ2) is 6.95. The lowest BCUT2D eigenvalue weighted by atomic mass is 9.79. The first-order chi connectivity index (χ1) is 13.1. The third-order valence-electron chi connectivity index (χ3n) is 6.90. The molecule has 7 nitrogen and oxygen atoms in total. The highest BCUT2D eigenvalue weighted by atomic mass is 16.5. The summed E-state index contributed by atoms with van der Waals surface area (Å²) in [7, 11) is 1.79. The normalized spacial score (nSPS) is 37.4. The number of hydrazine groups is 1. The van der Waals surface area contributed by atoms with Crippen molar-refractivity contribution in [2.75, 3.05) is 25.1 Å². The summed E-state index contributed by atoms with van der Waals surface area (Å²) < 4.78 is 11.9. The topological polar surface area (TPSA) is 71.5 Å². The number of nitrogens with zero attached hydrogens (tertiary/aromatic N) is 3. The lowest BCUT2D eigenvalue weighted by Gasteiger charge is -2.34. The van der Waals surface area contributed by atoms with E-state index in [0.29, 0.717) is 24.2 Å². The van der Waals surface area contributed by atoms with Crippen LogP contribution in [-0.2, 0) is 9.47 Å². The first kappa shape index (κ1) is 17.8. The second-order valence-electron chi connectivity index (χ2n) is 8.93. The fourth-order valence-corrected chi connectivity index (χ4v) is 4.95. The Bertz CT molecular complexity index is 682. The lowest BCUT2D eigenvalue weighted by Crippen LogP contribution is -2.38. The van der Waals surface area contributed by atoms with Crippen molar-refractivity contribution in [3.63, 3.8) is 0 Å². The summed E-state index contributed by atoms with van der Waals surface area (Å²) in [4.78, 5) is 11.5. The van der Waals surface area contributed by atoms with E-state index in [1.807, 2.05) is 0 Å². The third kappa shape index (κ3) is 3.58. The van der Waals surface area contributed by atoms with Crippen molar-refractivity contribution in [3.8, 4) is 0 Å². The molecule has 5 atom stereocenters. The van der Waals surface area contributed by atoms with E-state index < -0.39 is 0 Å². The minimum absolute atomic E-state index is 0.155. The summed E-state index contributed by atoms with van der Waals surface area (Å²) in [5, 5.41) is 0. The van der Waals surface area contributed by atoms with Gasteiger partial charge in [-0.15, -0.1) is 0 Å². The monoisotopic (exact) mass is 373 g/mol. The van der Waals surface area contributed by atoms with Crippen molar-refractivity contribution in [2.24, 2.45) is 5.92 Å². The largest absolute Gasteiger partial charge is 0.380 e. The molecule has 27 heavy (non-hydrogen) atoms. The van der Waals surface area contributed by atoms with E-state index in [9.17, 15) is 0 Å². The standard InChI is InChI=1S/C20H31N5O2/c1-20(6-7-20)27-13-3-4-16-15(9-13)19(24-23-16)17-10-18(22-12-21-17)25-8-5-14(11-25)26-2/h10,12-16,19,23-24H,3-9,11H2,1-2H3/t13?,14-,15?,16?,19?/m0/s1. The van der Waals surface area contributed by atoms with Crippen LogP contribution >= 0.6 is 0 Å². The molecule has 0 aromatic carbocycles. The molecule has 4 fully saturated rings. The zero-order valence-electron chi connectivity index (χ0n) is 16.4. The van der Waals surface area contributed by atoms with E-state index in [1.165, 1.54) is 12.8 Å². The van der Waals surface area contributed by atoms with Gasteiger partial charge in [0, 0.05) is 38.2 Å². The van der Waals surface area contributed by atoms with Crippen LogP contribution in [0, 0.1) is 5.92 Å². The van der Waals surface area contributed by atoms with Gasteiger partial charge in [-0.25, -0.2) is 15.4 Å². The van der Waals surface area contributed by atoms with Gasteiger partial charge in [-0.3, -0.25) is 5.43 Å². The lowest BCUT2D eigenvalue weighted by molar-refractivity contribution is -0.0500. The van der Waals surface area contributed by atoms with Crippen LogP contribution in [0.2, 0.25) is 0 Å². The van der Waals surface area contributed by atoms with Crippen molar-refractivity contribution >= 4 is 5.82 Å². The molecule has 0 amide bonds. The number of aromatic nitrogens is 2. The molecular formula is C20H31N5O2. The molecule has 1 aromatic rings. The molecule has 4 unspecified atom stereocenters. The van der Waals surface area contributed by atoms with E-state index in [1.54, 1.807) is 13.4 Å². The molecule has 5 rings (SSSR count). The van der Waals surface area contributed by atoms with Gasteiger partial charge in [-0.05, 0) is 45.4 Å². The summed E-state index contributed by atoms with van der Waals surface area (Å²) in [6.45, 7) is 4.15. The van der Waals surface area contributed by atoms with Crippen LogP contribution < -0.4 is 15.8 Å². The van der Waals surface area contributed by atoms with Gasteiger partial charge in [0.25, 0.3) is 0 Å². The van der Waals surface area contributed by atoms with Crippen LogP contribution in [-0.4, -0.2) is 54.0 Å².